The van der Waals surface area contributed by atoms with E-state index in [9.17, 15) is 8.42 Å². The van der Waals surface area contributed by atoms with Gasteiger partial charge in [0.2, 0.25) is 0 Å². The van der Waals surface area contributed by atoms with E-state index in [4.69, 9.17) is 22.7 Å². The van der Waals surface area contributed by atoms with Crippen LogP contribution in [0.4, 0.5) is 0 Å². The fourth-order valence-electron chi connectivity index (χ4n) is 2.57. The third-order valence-corrected chi connectivity index (χ3v) is 6.79. The Labute approximate surface area is 132 Å². The van der Waals surface area contributed by atoms with Crippen molar-refractivity contribution in [3.05, 3.63) is 0 Å². The maximum absolute atomic E-state index is 12.6. The molecule has 0 aliphatic carbocycles. The van der Waals surface area contributed by atoms with Gasteiger partial charge >= 0.3 is 0 Å². The molecule has 2 heterocycles. The minimum absolute atomic E-state index is 0.385. The molecule has 0 aromatic carbocycles. The van der Waals surface area contributed by atoms with E-state index in [0.717, 1.165) is 0 Å². The summed E-state index contributed by atoms with van der Waals surface area (Å²) in [6, 6.07) is 0. The van der Waals surface area contributed by atoms with Crippen LogP contribution in [0.2, 0.25) is 0 Å². The normalized spacial score (nSPS) is 24.1. The second-order valence-corrected chi connectivity index (χ2v) is 8.20. The SMILES string of the molecule is CC(C)(C(N)=S)N1CCN(S(=O)(=O)N2CCOCC2)CC1. The van der Waals surface area contributed by atoms with Crippen molar-refractivity contribution < 1.29 is 13.2 Å². The van der Waals surface area contributed by atoms with E-state index in [1.165, 1.54) is 4.31 Å². The monoisotopic (exact) mass is 336 g/mol. The van der Waals surface area contributed by atoms with Crippen LogP contribution in [0.3, 0.4) is 0 Å². The summed E-state index contributed by atoms with van der Waals surface area (Å²) in [5.74, 6) is 0. The third kappa shape index (κ3) is 3.54. The van der Waals surface area contributed by atoms with Gasteiger partial charge in [0.1, 0.15) is 0 Å². The van der Waals surface area contributed by atoms with Gasteiger partial charge < -0.3 is 10.5 Å². The average Bonchev–Trinajstić information content (AvgIpc) is 2.48. The molecule has 0 radical (unpaired) electrons. The van der Waals surface area contributed by atoms with E-state index in [1.807, 2.05) is 13.8 Å². The molecule has 2 rings (SSSR count). The Bertz CT molecular complexity index is 481. The van der Waals surface area contributed by atoms with Gasteiger partial charge in [-0.3, -0.25) is 4.90 Å². The van der Waals surface area contributed by atoms with Crippen LogP contribution in [0.15, 0.2) is 0 Å². The molecule has 0 aromatic heterocycles. The highest BCUT2D eigenvalue weighted by molar-refractivity contribution is 7.86. The van der Waals surface area contributed by atoms with Gasteiger partial charge in [0, 0.05) is 39.3 Å². The first kappa shape index (κ1) is 17.0. The summed E-state index contributed by atoms with van der Waals surface area (Å²) in [4.78, 5) is 2.58. The second kappa shape index (κ2) is 6.43. The van der Waals surface area contributed by atoms with E-state index >= 15 is 0 Å². The molecule has 0 amide bonds. The predicted octanol–water partition coefficient (Wildman–Crippen LogP) is -0.754. The van der Waals surface area contributed by atoms with Crippen molar-refractivity contribution in [3.63, 3.8) is 0 Å². The van der Waals surface area contributed by atoms with Gasteiger partial charge in [-0.05, 0) is 13.8 Å². The molecule has 2 aliphatic rings. The van der Waals surface area contributed by atoms with Crippen LogP contribution in [0.25, 0.3) is 0 Å². The summed E-state index contributed by atoms with van der Waals surface area (Å²) in [6.45, 7) is 7.94. The molecule has 9 heteroatoms. The number of rotatable bonds is 4. The Kier molecular flexibility index (Phi) is 5.22. The van der Waals surface area contributed by atoms with E-state index in [2.05, 4.69) is 4.90 Å². The summed E-state index contributed by atoms with van der Waals surface area (Å²) < 4.78 is 33.4. The van der Waals surface area contributed by atoms with Crippen molar-refractivity contribution in [3.8, 4) is 0 Å². The van der Waals surface area contributed by atoms with Gasteiger partial charge in [0.05, 0.1) is 23.7 Å². The zero-order valence-corrected chi connectivity index (χ0v) is 14.3. The number of nitrogens with zero attached hydrogens (tertiary/aromatic N) is 3. The Balaban J connectivity index is 1.98. The number of morpholine rings is 1. The molecule has 0 atom stereocenters. The highest BCUT2D eigenvalue weighted by Crippen LogP contribution is 2.20. The Hall–Kier alpha value is -0.320. The van der Waals surface area contributed by atoms with Gasteiger partial charge in [-0.1, -0.05) is 12.2 Å². The molecule has 122 valence electrons. The van der Waals surface area contributed by atoms with Crippen LogP contribution < -0.4 is 5.73 Å². The lowest BCUT2D eigenvalue weighted by Crippen LogP contribution is -2.61. The Morgan fingerprint density at radius 2 is 1.52 bits per heavy atom. The first-order valence-electron chi connectivity index (χ1n) is 7.14. The molecular formula is C12H24N4O3S2. The molecule has 0 unspecified atom stereocenters. The fourth-order valence-corrected chi connectivity index (χ4v) is 4.27. The maximum Gasteiger partial charge on any atom is 0.282 e. The summed E-state index contributed by atoms with van der Waals surface area (Å²) >= 11 is 5.10. The first-order valence-corrected chi connectivity index (χ1v) is 8.94. The van der Waals surface area contributed by atoms with E-state index < -0.39 is 10.2 Å². The van der Waals surface area contributed by atoms with Crippen molar-refractivity contribution in [2.45, 2.75) is 19.4 Å². The molecule has 2 aliphatic heterocycles. The van der Waals surface area contributed by atoms with Crippen molar-refractivity contribution in [1.82, 2.24) is 13.5 Å². The molecule has 0 spiro atoms. The summed E-state index contributed by atoms with van der Waals surface area (Å²) in [5, 5.41) is 0. The van der Waals surface area contributed by atoms with Crippen LogP contribution in [0.5, 0.6) is 0 Å². The molecule has 2 N–H and O–H groups in total. The standard InChI is InChI=1S/C12H24N4O3S2/c1-12(2,11(13)20)14-3-5-15(6-4-14)21(17,18)16-7-9-19-10-8-16/h3-10H2,1-2H3,(H2,13,20). The Morgan fingerprint density at radius 1 is 1.05 bits per heavy atom. The highest BCUT2D eigenvalue weighted by Gasteiger charge is 2.37. The highest BCUT2D eigenvalue weighted by atomic mass is 32.2. The van der Waals surface area contributed by atoms with Crippen molar-refractivity contribution in [1.29, 1.82) is 0 Å². The molecule has 0 saturated carbocycles. The summed E-state index contributed by atoms with van der Waals surface area (Å²) in [5.41, 5.74) is 5.39. The molecule has 0 aromatic rings. The van der Waals surface area contributed by atoms with Gasteiger partial charge in [0.25, 0.3) is 10.2 Å². The Morgan fingerprint density at radius 3 is 2.00 bits per heavy atom. The predicted molar refractivity (Wildman–Crippen MR) is 85.3 cm³/mol. The smallest absolute Gasteiger partial charge is 0.282 e. The lowest BCUT2D eigenvalue weighted by molar-refractivity contribution is 0.0666. The topological polar surface area (TPSA) is 79.1 Å². The first-order chi connectivity index (χ1) is 9.76. The molecule has 2 fully saturated rings. The van der Waals surface area contributed by atoms with E-state index in [-0.39, 0.29) is 5.54 Å². The fraction of sp³-hybridized carbons (Fsp3) is 0.917. The number of hydrogen-bond acceptors (Lipinski definition) is 5. The van der Waals surface area contributed by atoms with Gasteiger partial charge in [0.15, 0.2) is 0 Å². The second-order valence-electron chi connectivity index (χ2n) is 5.83. The quantitative estimate of drug-likeness (QED) is 0.680. The third-order valence-electron chi connectivity index (χ3n) is 4.25. The average molecular weight is 336 g/mol. The molecule has 7 nitrogen and oxygen atoms in total. The van der Waals surface area contributed by atoms with Crippen LogP contribution in [-0.2, 0) is 14.9 Å². The number of piperazine rings is 1. The molecule has 0 bridgehead atoms. The van der Waals surface area contributed by atoms with E-state index in [0.29, 0.717) is 57.5 Å². The van der Waals surface area contributed by atoms with Crippen molar-refractivity contribution in [2.24, 2.45) is 5.73 Å². The lowest BCUT2D eigenvalue weighted by Gasteiger charge is -2.44. The van der Waals surface area contributed by atoms with Gasteiger partial charge in [-0.25, -0.2) is 0 Å². The molecule has 21 heavy (non-hydrogen) atoms. The minimum atomic E-state index is -3.38. The lowest BCUT2D eigenvalue weighted by atomic mass is 10.0. The number of nitrogens with two attached hydrogens (primary N) is 1. The summed E-state index contributed by atoms with van der Waals surface area (Å²) in [6.07, 6.45) is 0. The molecular weight excluding hydrogens is 312 g/mol. The van der Waals surface area contributed by atoms with Crippen LogP contribution in [0, 0.1) is 0 Å². The number of ether oxygens (including phenoxy) is 1. The zero-order valence-electron chi connectivity index (χ0n) is 12.6. The summed E-state index contributed by atoms with van der Waals surface area (Å²) in [7, 11) is -3.38. The van der Waals surface area contributed by atoms with Crippen LogP contribution in [0.1, 0.15) is 13.8 Å². The van der Waals surface area contributed by atoms with Crippen molar-refractivity contribution >= 4 is 27.4 Å². The minimum Gasteiger partial charge on any atom is -0.392 e. The number of thiocarbonyl (C=S) groups is 1. The van der Waals surface area contributed by atoms with Crippen molar-refractivity contribution in [2.75, 3.05) is 52.5 Å². The van der Waals surface area contributed by atoms with Gasteiger partial charge in [-0.2, -0.15) is 17.0 Å². The number of hydrogen-bond donors (Lipinski definition) is 1. The van der Waals surface area contributed by atoms with Crippen LogP contribution in [-0.4, -0.2) is 84.9 Å². The van der Waals surface area contributed by atoms with E-state index in [1.54, 1.807) is 4.31 Å². The zero-order chi connectivity index (χ0) is 15.7. The van der Waals surface area contributed by atoms with Gasteiger partial charge in [-0.15, -0.1) is 0 Å². The molecule has 2 saturated heterocycles. The largest absolute Gasteiger partial charge is 0.392 e. The maximum atomic E-state index is 12.6. The van der Waals surface area contributed by atoms with Crippen LogP contribution >= 0.6 is 12.2 Å².